The number of carbonyl (C=O) groups is 3. The summed E-state index contributed by atoms with van der Waals surface area (Å²) < 4.78 is 17.3. The van der Waals surface area contributed by atoms with Gasteiger partial charge < -0.3 is 23.8 Å². The van der Waals surface area contributed by atoms with E-state index >= 15 is 0 Å². The Morgan fingerprint density at radius 2 is 0.903 bits per heavy atom. The second-order valence-corrected chi connectivity index (χ2v) is 18.4. The number of esters is 2. The molecule has 0 aliphatic rings. The van der Waals surface area contributed by atoms with Crippen LogP contribution in [0.4, 0.5) is 0 Å². The number of carboxylic acids is 1. The summed E-state index contributed by atoms with van der Waals surface area (Å²) in [5.41, 5.74) is 0. The van der Waals surface area contributed by atoms with Crippen molar-refractivity contribution in [3.63, 3.8) is 0 Å². The van der Waals surface area contributed by atoms with Crippen LogP contribution in [0.15, 0.2) is 48.6 Å². The van der Waals surface area contributed by atoms with Crippen molar-refractivity contribution < 1.29 is 38.2 Å². The van der Waals surface area contributed by atoms with Crippen molar-refractivity contribution in [2.75, 3.05) is 41.0 Å². The highest BCUT2D eigenvalue weighted by atomic mass is 16.6. The van der Waals surface area contributed by atoms with Crippen LogP contribution >= 0.6 is 0 Å². The molecule has 62 heavy (non-hydrogen) atoms. The van der Waals surface area contributed by atoms with Gasteiger partial charge in [0.1, 0.15) is 6.61 Å². The first-order valence-corrected chi connectivity index (χ1v) is 25.7. The van der Waals surface area contributed by atoms with Crippen LogP contribution in [0.3, 0.4) is 0 Å². The van der Waals surface area contributed by atoms with Gasteiger partial charge >= 0.3 is 17.9 Å². The van der Waals surface area contributed by atoms with Crippen LogP contribution in [0.5, 0.6) is 0 Å². The topological polar surface area (TPSA) is 99.1 Å². The van der Waals surface area contributed by atoms with E-state index in [0.29, 0.717) is 19.3 Å². The first-order valence-electron chi connectivity index (χ1n) is 25.7. The first kappa shape index (κ1) is 59.3. The summed E-state index contributed by atoms with van der Waals surface area (Å²) in [6.07, 6.45) is 54.5. The molecule has 0 fully saturated rings. The number of hydrogen-bond donors (Lipinski definition) is 1. The predicted octanol–water partition coefficient (Wildman–Crippen LogP) is 14.8. The molecule has 1 N–H and O–H groups in total. The van der Waals surface area contributed by atoms with Gasteiger partial charge in [0.05, 0.1) is 34.4 Å². The van der Waals surface area contributed by atoms with Crippen LogP contribution in [-0.4, -0.2) is 80.6 Å². The molecule has 0 heterocycles. The molecule has 0 aliphatic heterocycles. The third-order valence-electron chi connectivity index (χ3n) is 11.5. The van der Waals surface area contributed by atoms with Crippen molar-refractivity contribution in [3.05, 3.63) is 48.6 Å². The second kappa shape index (κ2) is 44.9. The molecule has 0 saturated carbocycles. The maximum absolute atomic E-state index is 12.8. The fraction of sp³-hybridized carbons (Fsp3) is 0.796. The van der Waals surface area contributed by atoms with Crippen LogP contribution in [0.2, 0.25) is 0 Å². The lowest BCUT2D eigenvalue weighted by molar-refractivity contribution is -0.887. The number of aliphatic carboxylic acids is 1. The molecule has 0 spiro atoms. The largest absolute Gasteiger partial charge is 0.477 e. The summed E-state index contributed by atoms with van der Waals surface area (Å²) in [6, 6.07) is -0.619. The number of carboxylic acid groups (broad SMARTS) is 1. The Morgan fingerprint density at radius 1 is 0.500 bits per heavy atom. The van der Waals surface area contributed by atoms with Crippen molar-refractivity contribution in [1.29, 1.82) is 0 Å². The molecule has 360 valence electrons. The van der Waals surface area contributed by atoms with E-state index in [1.807, 2.05) is 21.1 Å². The minimum atomic E-state index is -0.878. The number of likely N-dealkylation sites (N-methyl/N-ethyl adjacent to an activating group) is 1. The zero-order chi connectivity index (χ0) is 45.6. The Morgan fingerprint density at radius 3 is 1.37 bits per heavy atom. The van der Waals surface area contributed by atoms with E-state index in [4.69, 9.17) is 14.2 Å². The van der Waals surface area contributed by atoms with Gasteiger partial charge in [0.25, 0.3) is 0 Å². The van der Waals surface area contributed by atoms with Crippen molar-refractivity contribution >= 4 is 17.9 Å². The minimum absolute atomic E-state index is 0.0534. The van der Waals surface area contributed by atoms with Crippen molar-refractivity contribution in [1.82, 2.24) is 0 Å². The minimum Gasteiger partial charge on any atom is -0.477 e. The summed E-state index contributed by atoms with van der Waals surface area (Å²) in [7, 11) is 5.53. The van der Waals surface area contributed by atoms with E-state index in [1.165, 1.54) is 122 Å². The normalized spacial score (nSPS) is 13.2. The van der Waals surface area contributed by atoms with Crippen molar-refractivity contribution in [2.24, 2.45) is 0 Å². The smallest absolute Gasteiger partial charge is 0.362 e. The third-order valence-corrected chi connectivity index (χ3v) is 11.5. The molecule has 0 saturated heterocycles. The Hall–Kier alpha value is -2.71. The molecule has 0 radical (unpaired) electrons. The summed E-state index contributed by atoms with van der Waals surface area (Å²) >= 11 is 0. The molecule has 2 atom stereocenters. The number of quaternary nitrogens is 1. The lowest BCUT2D eigenvalue weighted by atomic mass is 10.1. The van der Waals surface area contributed by atoms with Gasteiger partial charge in [0, 0.05) is 19.3 Å². The molecular formula is C54H98NO7+. The first-order chi connectivity index (χ1) is 30.1. The highest BCUT2D eigenvalue weighted by Crippen LogP contribution is 2.15. The van der Waals surface area contributed by atoms with Crippen LogP contribution in [0.1, 0.15) is 226 Å². The number of ether oxygens (including phenoxy) is 3. The average molecular weight is 873 g/mol. The van der Waals surface area contributed by atoms with Crippen molar-refractivity contribution in [3.8, 4) is 0 Å². The standard InChI is InChI=1S/C54H97NO7/c1-6-8-10-12-14-16-18-20-22-23-24-25-26-27-28-29-31-32-34-36-38-40-42-44-52(56)61-49-50(48-60-47-46-51(54(58)59)55(3,4)5)62-53(57)45-43-41-39-37-35-33-30-21-19-17-15-13-11-9-7-2/h15,17,19,21,24-25,27-28,50-51H,6-14,16,18,20,22-23,26,29-49H2,1-5H3/p+1/b17-15+,21-19+,25-24+,28-27+. The molecule has 0 bridgehead atoms. The molecule has 0 aromatic rings. The van der Waals surface area contributed by atoms with E-state index < -0.39 is 18.1 Å². The Balaban J connectivity index is 4.24. The highest BCUT2D eigenvalue weighted by Gasteiger charge is 2.31. The Bertz CT molecular complexity index is 1150. The average Bonchev–Trinajstić information content (AvgIpc) is 3.23. The summed E-state index contributed by atoms with van der Waals surface area (Å²) in [5, 5.41) is 9.65. The number of rotatable bonds is 46. The van der Waals surface area contributed by atoms with Gasteiger partial charge in [-0.1, -0.05) is 184 Å². The molecule has 0 aromatic heterocycles. The third kappa shape index (κ3) is 42.6. The molecule has 0 aromatic carbocycles. The van der Waals surface area contributed by atoms with E-state index in [0.717, 1.165) is 70.6 Å². The SMILES string of the molecule is CCCCC/C=C/C=C/CCCCCCCCC(=O)OC(COCCC(C(=O)O)[N+](C)(C)C)COC(=O)CCCCCCCCC/C=C/C/C=C/CCCCCCCCCCC. The zero-order valence-electron chi connectivity index (χ0n) is 41.1. The fourth-order valence-corrected chi connectivity index (χ4v) is 7.47. The lowest BCUT2D eigenvalue weighted by Crippen LogP contribution is -2.50. The van der Waals surface area contributed by atoms with Gasteiger partial charge in [-0.05, 0) is 70.6 Å². The monoisotopic (exact) mass is 873 g/mol. The Labute approximate surface area is 382 Å². The van der Waals surface area contributed by atoms with Crippen LogP contribution in [0.25, 0.3) is 0 Å². The van der Waals surface area contributed by atoms with Gasteiger partial charge in [0.15, 0.2) is 12.1 Å². The second-order valence-electron chi connectivity index (χ2n) is 18.4. The summed E-state index contributed by atoms with van der Waals surface area (Å²) in [6.45, 7) is 4.70. The maximum atomic E-state index is 12.8. The number of allylic oxidation sites excluding steroid dienone is 8. The number of carbonyl (C=O) groups excluding carboxylic acids is 2. The maximum Gasteiger partial charge on any atom is 0.362 e. The molecule has 2 unspecified atom stereocenters. The van der Waals surface area contributed by atoms with Crippen LogP contribution < -0.4 is 0 Å². The predicted molar refractivity (Wildman–Crippen MR) is 261 cm³/mol. The van der Waals surface area contributed by atoms with Crippen LogP contribution in [-0.2, 0) is 28.6 Å². The van der Waals surface area contributed by atoms with Gasteiger partial charge in [-0.25, -0.2) is 4.79 Å². The van der Waals surface area contributed by atoms with E-state index in [9.17, 15) is 19.5 Å². The number of nitrogens with zero attached hydrogens (tertiary/aromatic N) is 1. The quantitative estimate of drug-likeness (QED) is 0.0214. The zero-order valence-corrected chi connectivity index (χ0v) is 41.1. The summed E-state index contributed by atoms with van der Waals surface area (Å²) in [5.74, 6) is -1.49. The molecule has 8 nitrogen and oxygen atoms in total. The van der Waals surface area contributed by atoms with Gasteiger partial charge in [0.2, 0.25) is 0 Å². The Kier molecular flexibility index (Phi) is 42.9. The van der Waals surface area contributed by atoms with Crippen LogP contribution in [0, 0.1) is 0 Å². The number of unbranched alkanes of at least 4 members (excludes halogenated alkanes) is 25. The molecule has 8 heteroatoms. The van der Waals surface area contributed by atoms with Gasteiger partial charge in [-0.2, -0.15) is 0 Å². The fourth-order valence-electron chi connectivity index (χ4n) is 7.47. The lowest BCUT2D eigenvalue weighted by Gasteiger charge is -2.31. The van der Waals surface area contributed by atoms with E-state index in [1.54, 1.807) is 0 Å². The highest BCUT2D eigenvalue weighted by molar-refractivity contribution is 5.72. The van der Waals surface area contributed by atoms with Gasteiger partial charge in [-0.3, -0.25) is 9.59 Å². The molecular weight excluding hydrogens is 775 g/mol. The molecule has 0 amide bonds. The molecule has 0 aliphatic carbocycles. The number of hydrogen-bond acceptors (Lipinski definition) is 6. The van der Waals surface area contributed by atoms with Crippen molar-refractivity contribution in [2.45, 2.75) is 238 Å². The molecule has 0 rings (SSSR count). The summed E-state index contributed by atoms with van der Waals surface area (Å²) in [4.78, 5) is 37.1. The van der Waals surface area contributed by atoms with E-state index in [-0.39, 0.29) is 36.2 Å². The van der Waals surface area contributed by atoms with E-state index in [2.05, 4.69) is 62.5 Å². The van der Waals surface area contributed by atoms with Gasteiger partial charge in [-0.15, -0.1) is 0 Å².